The van der Waals surface area contributed by atoms with E-state index in [4.69, 9.17) is 12.8 Å². The maximum Gasteiger partial charge on any atom is 0.483 e. The van der Waals surface area contributed by atoms with E-state index in [1.807, 2.05) is 0 Å². The van der Waals surface area contributed by atoms with Gasteiger partial charge in [0.25, 0.3) is 5.92 Å². The molecular weight excluding hydrogens is 680 g/mol. The van der Waals surface area contributed by atoms with Gasteiger partial charge in [-0.15, -0.1) is 12.8 Å². The van der Waals surface area contributed by atoms with Crippen molar-refractivity contribution in [2.45, 2.75) is 61.8 Å². The van der Waals surface area contributed by atoms with Crippen LogP contribution in [0.15, 0.2) is 12.0 Å². The summed E-state index contributed by atoms with van der Waals surface area (Å²) in [5, 5.41) is 0. The lowest BCUT2D eigenvalue weighted by Gasteiger charge is -2.29. The minimum absolute atomic E-state index is 0.0365. The van der Waals surface area contributed by atoms with Crippen LogP contribution in [0.3, 0.4) is 0 Å². The van der Waals surface area contributed by atoms with E-state index in [2.05, 4.69) is 90.0 Å². The third-order valence-electron chi connectivity index (χ3n) is 4.25. The Bertz CT molecular complexity index is 1520. The summed E-state index contributed by atoms with van der Waals surface area (Å²) in [4.78, 5) is 0. The summed E-state index contributed by atoms with van der Waals surface area (Å²) in [5.41, 5.74) is 0. The minimum atomic E-state index is -6.22. The number of rotatable bonds is 1. The van der Waals surface area contributed by atoms with Gasteiger partial charge in [0, 0.05) is 6.92 Å². The standard InChI is InChI=1S/C14H2.C7H6F8O2.C5F8O2/c1-3-5-7-9-11-13-14-12-10-8-6-4-2;1-3(8,9)4(2)16-5(10,6(11,12)13)7(14,15)17-4;6-1(7)2-14-3(8,4(9,10)11)5(12,13)15-2/h1-2H;1-2H3;. The van der Waals surface area contributed by atoms with Crippen molar-refractivity contribution in [1.82, 2.24) is 0 Å². The summed E-state index contributed by atoms with van der Waals surface area (Å²) in [6, 6.07) is 0. The van der Waals surface area contributed by atoms with Gasteiger partial charge in [0.15, 0.2) is 0 Å². The lowest BCUT2D eigenvalue weighted by Crippen LogP contribution is -2.53. The van der Waals surface area contributed by atoms with Crippen molar-refractivity contribution < 1.29 is 89.2 Å². The summed E-state index contributed by atoms with van der Waals surface area (Å²) in [7, 11) is 0. The van der Waals surface area contributed by atoms with Gasteiger partial charge in [0.2, 0.25) is 5.79 Å². The molecule has 2 fully saturated rings. The van der Waals surface area contributed by atoms with E-state index >= 15 is 0 Å². The second kappa shape index (κ2) is 14.4. The molecule has 2 aliphatic rings. The molecule has 0 bridgehead atoms. The average Bonchev–Trinajstić information content (AvgIpc) is 3.26. The van der Waals surface area contributed by atoms with Crippen molar-refractivity contribution in [3.05, 3.63) is 12.0 Å². The summed E-state index contributed by atoms with van der Waals surface area (Å²) < 4.78 is 208. The van der Waals surface area contributed by atoms with E-state index in [0.717, 1.165) is 0 Å². The van der Waals surface area contributed by atoms with Crippen LogP contribution in [0.5, 0.6) is 0 Å². The maximum absolute atomic E-state index is 13.1. The number of hydrogen-bond acceptors (Lipinski definition) is 4. The van der Waals surface area contributed by atoms with E-state index in [0.29, 0.717) is 0 Å². The van der Waals surface area contributed by atoms with Crippen molar-refractivity contribution in [3.8, 4) is 83.9 Å². The van der Waals surface area contributed by atoms with Crippen molar-refractivity contribution in [2.24, 2.45) is 0 Å². The molecule has 3 atom stereocenters. The van der Waals surface area contributed by atoms with Gasteiger partial charge >= 0.3 is 48.3 Å². The zero-order valence-corrected chi connectivity index (χ0v) is 21.8. The summed E-state index contributed by atoms with van der Waals surface area (Å²) in [5.74, 6) is 6.58. The molecule has 20 heteroatoms. The molecule has 2 saturated heterocycles. The highest BCUT2D eigenvalue weighted by Gasteiger charge is 2.84. The lowest BCUT2D eigenvalue weighted by molar-refractivity contribution is -0.395. The summed E-state index contributed by atoms with van der Waals surface area (Å²) in [6.45, 7) is 0.0547. The largest absolute Gasteiger partial charge is 0.483 e. The highest BCUT2D eigenvalue weighted by atomic mass is 19.4. The quantitative estimate of drug-likeness (QED) is 0.236. The first-order valence-electron chi connectivity index (χ1n) is 10.5. The normalized spacial score (nSPS) is 25.0. The molecule has 0 amide bonds. The molecule has 46 heavy (non-hydrogen) atoms. The molecule has 2 aliphatic heterocycles. The third kappa shape index (κ3) is 9.53. The Balaban J connectivity index is 0.000000664. The molecule has 0 aromatic carbocycles. The fourth-order valence-corrected chi connectivity index (χ4v) is 2.07. The molecule has 248 valence electrons. The van der Waals surface area contributed by atoms with Crippen molar-refractivity contribution in [3.63, 3.8) is 0 Å². The molecule has 0 aromatic rings. The molecule has 0 N–H and O–H groups in total. The minimum Gasteiger partial charge on any atom is -0.407 e. The Morgan fingerprint density at radius 2 is 0.913 bits per heavy atom. The Labute approximate surface area is 247 Å². The predicted octanol–water partition coefficient (Wildman–Crippen LogP) is 6.42. The highest BCUT2D eigenvalue weighted by molar-refractivity contribution is 5.44. The predicted molar refractivity (Wildman–Crippen MR) is 119 cm³/mol. The Morgan fingerprint density at radius 1 is 0.565 bits per heavy atom. The summed E-state index contributed by atoms with van der Waals surface area (Å²) >= 11 is 0. The van der Waals surface area contributed by atoms with Crippen LogP contribution in [0.25, 0.3) is 0 Å². The first-order chi connectivity index (χ1) is 20.6. The van der Waals surface area contributed by atoms with Crippen LogP contribution in [0, 0.1) is 83.9 Å². The van der Waals surface area contributed by atoms with Gasteiger partial charge in [0.1, 0.15) is 0 Å². The summed E-state index contributed by atoms with van der Waals surface area (Å²) in [6.07, 6.45) is -17.0. The molecule has 2 heterocycles. The van der Waals surface area contributed by atoms with E-state index in [9.17, 15) is 70.2 Å². The van der Waals surface area contributed by atoms with Crippen LogP contribution in [-0.4, -0.2) is 48.0 Å². The molecule has 3 unspecified atom stereocenters. The van der Waals surface area contributed by atoms with Gasteiger partial charge in [-0.1, -0.05) is 0 Å². The fourth-order valence-electron chi connectivity index (χ4n) is 2.07. The third-order valence-corrected chi connectivity index (χ3v) is 4.25. The first kappa shape index (κ1) is 41.1. The second-order valence-electron chi connectivity index (χ2n) is 7.55. The van der Waals surface area contributed by atoms with Crippen molar-refractivity contribution in [1.29, 1.82) is 0 Å². The molecule has 2 rings (SSSR count). The van der Waals surface area contributed by atoms with Gasteiger partial charge in [-0.3, -0.25) is 9.47 Å². The highest BCUT2D eigenvalue weighted by Crippen LogP contribution is 2.58. The van der Waals surface area contributed by atoms with Gasteiger partial charge in [-0.25, -0.2) is 8.78 Å². The van der Waals surface area contributed by atoms with Crippen LogP contribution < -0.4 is 0 Å². The maximum atomic E-state index is 13.1. The van der Waals surface area contributed by atoms with Gasteiger partial charge < -0.3 is 9.47 Å². The van der Waals surface area contributed by atoms with Crippen LogP contribution in [0.1, 0.15) is 13.8 Å². The average molecular weight is 688 g/mol. The first-order valence-corrected chi connectivity index (χ1v) is 10.5. The number of ether oxygens (including phenoxy) is 4. The van der Waals surface area contributed by atoms with E-state index in [1.165, 1.54) is 0 Å². The number of alkyl halides is 14. The smallest absolute Gasteiger partial charge is 0.407 e. The SMILES string of the molecule is C#CC#CC#CC#CC#CC#CC#C.CC(F)(F)C1(C)OC(F)(F)C(F)(C(F)(F)F)O1.FC(F)=C1OC(F)(F)C(F)(C(F)(F)F)O1. The van der Waals surface area contributed by atoms with Crippen molar-refractivity contribution >= 4 is 0 Å². The number of terminal acetylenes is 2. The van der Waals surface area contributed by atoms with E-state index in [1.54, 1.807) is 0 Å². The number of halogens is 16. The molecular formula is C26H8F16O4. The Hall–Kier alpha value is -4.94. The monoisotopic (exact) mass is 688 g/mol. The van der Waals surface area contributed by atoms with Crippen molar-refractivity contribution in [2.75, 3.05) is 0 Å². The van der Waals surface area contributed by atoms with Crippen LogP contribution in [0.2, 0.25) is 0 Å². The zero-order valence-electron chi connectivity index (χ0n) is 21.8. The zero-order chi connectivity index (χ0) is 36.5. The molecule has 0 aromatic heterocycles. The molecule has 4 nitrogen and oxygen atoms in total. The van der Waals surface area contributed by atoms with E-state index < -0.39 is 60.0 Å². The van der Waals surface area contributed by atoms with E-state index in [-0.39, 0.29) is 13.8 Å². The van der Waals surface area contributed by atoms with Crippen LogP contribution in [0.4, 0.5) is 70.2 Å². The molecule has 0 saturated carbocycles. The number of hydrogen-bond donors (Lipinski definition) is 0. The second-order valence-corrected chi connectivity index (χ2v) is 7.55. The molecule has 0 aliphatic carbocycles. The van der Waals surface area contributed by atoms with Gasteiger partial charge in [0.05, 0.1) is 0 Å². The van der Waals surface area contributed by atoms with Crippen LogP contribution >= 0.6 is 0 Å². The molecule has 0 spiro atoms. The lowest BCUT2D eigenvalue weighted by atomic mass is 10.2. The van der Waals surface area contributed by atoms with Crippen LogP contribution in [-0.2, 0) is 18.9 Å². The Morgan fingerprint density at radius 3 is 1.11 bits per heavy atom. The topological polar surface area (TPSA) is 36.9 Å². The van der Waals surface area contributed by atoms with Gasteiger partial charge in [-0.2, -0.15) is 61.5 Å². The fraction of sp³-hybridized carbons (Fsp3) is 0.385. The van der Waals surface area contributed by atoms with Gasteiger partial charge in [-0.05, 0) is 78.0 Å². The Kier molecular flexibility index (Phi) is 12.9. The molecule has 0 radical (unpaired) electrons.